The second kappa shape index (κ2) is 11.8. The van der Waals surface area contributed by atoms with Gasteiger partial charge in [0.2, 0.25) is 5.91 Å². The highest BCUT2D eigenvalue weighted by molar-refractivity contribution is 7.10. The number of carbonyl (C=O) groups excluding carboxylic acids is 2. The maximum absolute atomic E-state index is 13.6. The SMILES string of the molecule is C=CCN(CC(=O)N1CCc2sccc2[C@@H]1COc1cccc(OC)c1)C(=O)c1cccc(OC)c1. The van der Waals surface area contributed by atoms with Crippen molar-refractivity contribution < 1.29 is 23.8 Å². The van der Waals surface area contributed by atoms with Gasteiger partial charge in [-0.1, -0.05) is 18.2 Å². The van der Waals surface area contributed by atoms with E-state index in [4.69, 9.17) is 14.2 Å². The molecular weight excluding hydrogens is 476 g/mol. The summed E-state index contributed by atoms with van der Waals surface area (Å²) < 4.78 is 16.7. The van der Waals surface area contributed by atoms with E-state index in [1.165, 1.54) is 9.78 Å². The molecule has 0 aliphatic carbocycles. The van der Waals surface area contributed by atoms with Crippen LogP contribution in [0, 0.1) is 0 Å². The number of thiophene rings is 1. The maximum Gasteiger partial charge on any atom is 0.254 e. The number of methoxy groups -OCH3 is 2. The highest BCUT2D eigenvalue weighted by Crippen LogP contribution is 2.34. The van der Waals surface area contributed by atoms with Crippen LogP contribution in [-0.4, -0.2) is 62.1 Å². The summed E-state index contributed by atoms with van der Waals surface area (Å²) in [7, 11) is 3.16. The normalized spacial score (nSPS) is 14.5. The number of nitrogens with zero attached hydrogens (tertiary/aromatic N) is 2. The van der Waals surface area contributed by atoms with Crippen LogP contribution in [0.3, 0.4) is 0 Å². The quantitative estimate of drug-likeness (QED) is 0.376. The average molecular weight is 507 g/mol. The van der Waals surface area contributed by atoms with Gasteiger partial charge in [-0.05, 0) is 53.8 Å². The molecule has 3 aromatic rings. The summed E-state index contributed by atoms with van der Waals surface area (Å²) in [5.74, 6) is 1.58. The number of ether oxygens (including phenoxy) is 3. The van der Waals surface area contributed by atoms with Gasteiger partial charge in [-0.15, -0.1) is 17.9 Å². The molecule has 0 saturated carbocycles. The molecule has 0 N–H and O–H groups in total. The van der Waals surface area contributed by atoms with E-state index >= 15 is 0 Å². The number of carbonyl (C=O) groups is 2. The lowest BCUT2D eigenvalue weighted by atomic mass is 10.0. The summed E-state index contributed by atoms with van der Waals surface area (Å²) in [4.78, 5) is 31.4. The van der Waals surface area contributed by atoms with Gasteiger partial charge in [-0.2, -0.15) is 0 Å². The van der Waals surface area contributed by atoms with Gasteiger partial charge in [-0.25, -0.2) is 0 Å². The smallest absolute Gasteiger partial charge is 0.254 e. The summed E-state index contributed by atoms with van der Waals surface area (Å²) in [6, 6.07) is 16.1. The summed E-state index contributed by atoms with van der Waals surface area (Å²) in [6.07, 6.45) is 2.40. The van der Waals surface area contributed by atoms with Crippen molar-refractivity contribution >= 4 is 23.2 Å². The molecule has 2 heterocycles. The Bertz CT molecular complexity index is 1220. The maximum atomic E-state index is 13.6. The molecule has 0 spiro atoms. The zero-order chi connectivity index (χ0) is 25.5. The van der Waals surface area contributed by atoms with E-state index < -0.39 is 0 Å². The molecule has 1 aliphatic rings. The third-order valence-corrected chi connectivity index (χ3v) is 7.14. The van der Waals surface area contributed by atoms with Gasteiger partial charge in [0, 0.05) is 29.6 Å². The van der Waals surface area contributed by atoms with Gasteiger partial charge in [-0.3, -0.25) is 9.59 Å². The Kier molecular flexibility index (Phi) is 8.28. The fourth-order valence-corrected chi connectivity index (χ4v) is 5.24. The third kappa shape index (κ3) is 5.71. The zero-order valence-electron chi connectivity index (χ0n) is 20.5. The van der Waals surface area contributed by atoms with Gasteiger partial charge in [0.05, 0.1) is 20.3 Å². The predicted octanol–water partition coefficient (Wildman–Crippen LogP) is 4.60. The molecule has 1 aliphatic heterocycles. The molecule has 2 aromatic carbocycles. The molecule has 0 radical (unpaired) electrons. The van der Waals surface area contributed by atoms with Crippen LogP contribution in [0.4, 0.5) is 0 Å². The highest BCUT2D eigenvalue weighted by atomic mass is 32.1. The Morgan fingerprint density at radius 2 is 1.81 bits per heavy atom. The number of hydrogen-bond acceptors (Lipinski definition) is 6. The van der Waals surface area contributed by atoms with Crippen molar-refractivity contribution in [1.82, 2.24) is 9.80 Å². The van der Waals surface area contributed by atoms with E-state index in [0.29, 0.717) is 36.0 Å². The van der Waals surface area contributed by atoms with E-state index in [1.54, 1.807) is 55.9 Å². The molecule has 188 valence electrons. The molecule has 0 fully saturated rings. The lowest BCUT2D eigenvalue weighted by Crippen LogP contribution is -2.47. The molecule has 7 nitrogen and oxygen atoms in total. The Balaban J connectivity index is 1.52. The Labute approximate surface area is 215 Å². The Morgan fingerprint density at radius 3 is 2.56 bits per heavy atom. The second-order valence-electron chi connectivity index (χ2n) is 8.35. The average Bonchev–Trinajstić information content (AvgIpc) is 3.40. The lowest BCUT2D eigenvalue weighted by molar-refractivity contribution is -0.135. The molecule has 0 saturated heterocycles. The van der Waals surface area contributed by atoms with Crippen LogP contribution < -0.4 is 14.2 Å². The molecule has 4 rings (SSSR count). The first-order valence-corrected chi connectivity index (χ1v) is 12.6. The zero-order valence-corrected chi connectivity index (χ0v) is 21.3. The van der Waals surface area contributed by atoms with E-state index in [-0.39, 0.29) is 30.9 Å². The topological polar surface area (TPSA) is 68.3 Å². The summed E-state index contributed by atoms with van der Waals surface area (Å²) in [5, 5.41) is 2.05. The third-order valence-electron chi connectivity index (χ3n) is 6.14. The van der Waals surface area contributed by atoms with Crippen LogP contribution in [0.5, 0.6) is 17.2 Å². The van der Waals surface area contributed by atoms with E-state index in [1.807, 2.05) is 34.5 Å². The molecule has 0 unspecified atom stereocenters. The monoisotopic (exact) mass is 506 g/mol. The molecule has 36 heavy (non-hydrogen) atoms. The van der Waals surface area contributed by atoms with Crippen LogP contribution in [0.2, 0.25) is 0 Å². The fourth-order valence-electron chi connectivity index (χ4n) is 4.31. The standard InChI is InChI=1S/C28H30N2O5S/c1-4-13-29(28(32)20-7-5-8-21(16-20)33-2)18-27(31)30-14-11-26-24(12-15-36-26)25(30)19-35-23-10-6-9-22(17-23)34-3/h4-10,12,15-17,25H,1,11,13-14,18-19H2,2-3H3/t25-/m0/s1. The van der Waals surface area contributed by atoms with Crippen molar-refractivity contribution in [2.75, 3.05) is 40.5 Å². The summed E-state index contributed by atoms with van der Waals surface area (Å²) >= 11 is 1.70. The van der Waals surface area contributed by atoms with Crippen molar-refractivity contribution in [3.63, 3.8) is 0 Å². The van der Waals surface area contributed by atoms with Crippen molar-refractivity contribution in [1.29, 1.82) is 0 Å². The fraction of sp³-hybridized carbons (Fsp3) is 0.286. The molecule has 8 heteroatoms. The van der Waals surface area contributed by atoms with Gasteiger partial charge in [0.25, 0.3) is 5.91 Å². The van der Waals surface area contributed by atoms with Gasteiger partial charge in [0.1, 0.15) is 30.4 Å². The van der Waals surface area contributed by atoms with E-state index in [0.717, 1.165) is 12.0 Å². The van der Waals surface area contributed by atoms with E-state index in [2.05, 4.69) is 12.6 Å². The van der Waals surface area contributed by atoms with Gasteiger partial charge >= 0.3 is 0 Å². The number of rotatable bonds is 10. The first-order chi connectivity index (χ1) is 17.5. The minimum Gasteiger partial charge on any atom is -0.497 e. The summed E-state index contributed by atoms with van der Waals surface area (Å²) in [5.41, 5.74) is 1.55. The van der Waals surface area contributed by atoms with Crippen molar-refractivity contribution in [2.24, 2.45) is 0 Å². The number of benzene rings is 2. The van der Waals surface area contributed by atoms with Crippen LogP contribution >= 0.6 is 11.3 Å². The van der Waals surface area contributed by atoms with Gasteiger partial charge in [0.15, 0.2) is 0 Å². The Hall–Kier alpha value is -3.78. The summed E-state index contributed by atoms with van der Waals surface area (Å²) in [6.45, 7) is 4.83. The van der Waals surface area contributed by atoms with E-state index in [9.17, 15) is 9.59 Å². The predicted molar refractivity (Wildman–Crippen MR) is 140 cm³/mol. The Morgan fingerprint density at radius 1 is 1.08 bits per heavy atom. The van der Waals surface area contributed by atoms with Crippen LogP contribution in [0.1, 0.15) is 26.8 Å². The second-order valence-corrected chi connectivity index (χ2v) is 9.35. The lowest BCUT2D eigenvalue weighted by Gasteiger charge is -2.37. The number of fused-ring (bicyclic) bond motifs is 1. The molecule has 1 aromatic heterocycles. The highest BCUT2D eigenvalue weighted by Gasteiger charge is 2.33. The van der Waals surface area contributed by atoms with Crippen LogP contribution in [-0.2, 0) is 11.2 Å². The van der Waals surface area contributed by atoms with Gasteiger partial charge < -0.3 is 24.0 Å². The first-order valence-electron chi connectivity index (χ1n) is 11.7. The minimum absolute atomic E-state index is 0.0583. The molecule has 0 bridgehead atoms. The van der Waals surface area contributed by atoms with Crippen molar-refractivity contribution in [2.45, 2.75) is 12.5 Å². The largest absolute Gasteiger partial charge is 0.497 e. The van der Waals surface area contributed by atoms with Crippen LogP contribution in [0.15, 0.2) is 72.6 Å². The molecular formula is C28H30N2O5S. The minimum atomic E-state index is -0.254. The molecule has 1 atom stereocenters. The number of amides is 2. The molecule has 2 amide bonds. The first kappa shape index (κ1) is 25.3. The number of hydrogen-bond donors (Lipinski definition) is 0. The van der Waals surface area contributed by atoms with Crippen LogP contribution in [0.25, 0.3) is 0 Å². The van der Waals surface area contributed by atoms with Crippen molar-refractivity contribution in [3.8, 4) is 17.2 Å². The van der Waals surface area contributed by atoms with Crippen molar-refractivity contribution in [3.05, 3.63) is 88.6 Å².